The van der Waals surface area contributed by atoms with Gasteiger partial charge in [0.1, 0.15) is 0 Å². The standard InChI is InChI=1S/C12H22N2O2/c1-13-11(15)9-14-12(16)10-7-5-3-2-4-6-8-10/h10H,2-9H2,1H3,(H,13,15)(H,14,16). The highest BCUT2D eigenvalue weighted by Gasteiger charge is 2.19. The summed E-state index contributed by atoms with van der Waals surface area (Å²) in [5.41, 5.74) is 0. The number of carbonyl (C=O) groups is 2. The van der Waals surface area contributed by atoms with Crippen molar-refractivity contribution in [3.8, 4) is 0 Å². The second-order valence-corrected chi connectivity index (χ2v) is 4.43. The zero-order valence-corrected chi connectivity index (χ0v) is 10.1. The molecular formula is C12H22N2O2. The van der Waals surface area contributed by atoms with Crippen LogP contribution in [0.1, 0.15) is 44.9 Å². The molecule has 0 atom stereocenters. The summed E-state index contributed by atoms with van der Waals surface area (Å²) >= 11 is 0. The third-order valence-electron chi connectivity index (χ3n) is 3.18. The van der Waals surface area contributed by atoms with Crippen LogP contribution in [0, 0.1) is 5.92 Å². The Labute approximate surface area is 97.2 Å². The van der Waals surface area contributed by atoms with E-state index in [1.807, 2.05) is 0 Å². The van der Waals surface area contributed by atoms with Gasteiger partial charge >= 0.3 is 0 Å². The largest absolute Gasteiger partial charge is 0.358 e. The minimum absolute atomic E-state index is 0.0468. The number of hydrogen-bond acceptors (Lipinski definition) is 2. The van der Waals surface area contributed by atoms with Crippen LogP contribution in [0.3, 0.4) is 0 Å². The predicted octanol–water partition coefficient (Wildman–Crippen LogP) is 1.21. The van der Waals surface area contributed by atoms with E-state index < -0.39 is 0 Å². The quantitative estimate of drug-likeness (QED) is 0.760. The Morgan fingerprint density at radius 1 is 1.06 bits per heavy atom. The molecule has 0 heterocycles. The molecule has 0 bridgehead atoms. The first kappa shape index (κ1) is 13.0. The molecule has 1 aliphatic carbocycles. The van der Waals surface area contributed by atoms with Crippen LogP contribution in [-0.2, 0) is 9.59 Å². The summed E-state index contributed by atoms with van der Waals surface area (Å²) in [6.45, 7) is 0.103. The summed E-state index contributed by atoms with van der Waals surface area (Å²) in [7, 11) is 1.57. The van der Waals surface area contributed by atoms with Crippen molar-refractivity contribution in [2.45, 2.75) is 44.9 Å². The Morgan fingerprint density at radius 2 is 1.62 bits per heavy atom. The van der Waals surface area contributed by atoms with Gasteiger partial charge in [0, 0.05) is 13.0 Å². The predicted molar refractivity (Wildman–Crippen MR) is 62.9 cm³/mol. The molecule has 0 radical (unpaired) electrons. The second kappa shape index (κ2) is 7.25. The third kappa shape index (κ3) is 4.64. The lowest BCUT2D eigenvalue weighted by atomic mass is 9.90. The minimum Gasteiger partial charge on any atom is -0.358 e. The number of hydrogen-bond donors (Lipinski definition) is 2. The van der Waals surface area contributed by atoms with Crippen LogP contribution in [0.25, 0.3) is 0 Å². The van der Waals surface area contributed by atoms with E-state index in [1.165, 1.54) is 19.3 Å². The van der Waals surface area contributed by atoms with E-state index >= 15 is 0 Å². The number of rotatable bonds is 3. The van der Waals surface area contributed by atoms with Gasteiger partial charge in [-0.2, -0.15) is 0 Å². The van der Waals surface area contributed by atoms with Gasteiger partial charge in [-0.25, -0.2) is 0 Å². The highest BCUT2D eigenvalue weighted by Crippen LogP contribution is 2.22. The van der Waals surface area contributed by atoms with Crippen molar-refractivity contribution in [2.75, 3.05) is 13.6 Å². The Bertz CT molecular complexity index is 233. The van der Waals surface area contributed by atoms with Crippen LogP contribution in [0.4, 0.5) is 0 Å². The first-order valence-corrected chi connectivity index (χ1v) is 6.22. The van der Waals surface area contributed by atoms with E-state index in [9.17, 15) is 9.59 Å². The van der Waals surface area contributed by atoms with E-state index in [0.717, 1.165) is 25.7 Å². The molecule has 0 unspecified atom stereocenters. The molecule has 0 spiro atoms. The molecule has 0 aromatic rings. The highest BCUT2D eigenvalue weighted by atomic mass is 16.2. The summed E-state index contributed by atoms with van der Waals surface area (Å²) in [5, 5.41) is 5.19. The van der Waals surface area contributed by atoms with E-state index in [2.05, 4.69) is 10.6 Å². The molecular weight excluding hydrogens is 204 g/mol. The maximum atomic E-state index is 11.8. The maximum absolute atomic E-state index is 11.8. The molecule has 2 amide bonds. The summed E-state index contributed by atoms with van der Waals surface area (Å²) in [5.74, 6) is 0.0228. The van der Waals surface area contributed by atoms with E-state index in [1.54, 1.807) is 7.05 Å². The van der Waals surface area contributed by atoms with Gasteiger partial charge in [0.15, 0.2) is 0 Å². The molecule has 0 saturated heterocycles. The molecule has 0 aliphatic heterocycles. The van der Waals surface area contributed by atoms with E-state index in [0.29, 0.717) is 0 Å². The summed E-state index contributed by atoms with van der Waals surface area (Å²) in [4.78, 5) is 22.8. The molecule has 4 nitrogen and oxygen atoms in total. The van der Waals surface area contributed by atoms with Gasteiger partial charge in [0.25, 0.3) is 0 Å². The smallest absolute Gasteiger partial charge is 0.239 e. The van der Waals surface area contributed by atoms with Gasteiger partial charge in [-0.15, -0.1) is 0 Å². The summed E-state index contributed by atoms with van der Waals surface area (Å²) < 4.78 is 0. The lowest BCUT2D eigenvalue weighted by Gasteiger charge is -2.18. The Morgan fingerprint density at radius 3 is 2.19 bits per heavy atom. The maximum Gasteiger partial charge on any atom is 0.239 e. The van der Waals surface area contributed by atoms with Crippen molar-refractivity contribution in [2.24, 2.45) is 5.92 Å². The average Bonchev–Trinajstić information content (AvgIpc) is 2.25. The number of amides is 2. The molecule has 1 rings (SSSR count). The van der Waals surface area contributed by atoms with Crippen LogP contribution in [0.5, 0.6) is 0 Å². The molecule has 1 aliphatic rings. The molecule has 0 aromatic heterocycles. The lowest BCUT2D eigenvalue weighted by Crippen LogP contribution is -2.38. The SMILES string of the molecule is CNC(=O)CNC(=O)C1CCCCCCC1. The monoisotopic (exact) mass is 226 g/mol. The second-order valence-electron chi connectivity index (χ2n) is 4.43. The van der Waals surface area contributed by atoms with Gasteiger partial charge < -0.3 is 10.6 Å². The fourth-order valence-corrected chi connectivity index (χ4v) is 2.12. The molecule has 1 fully saturated rings. The normalized spacial score (nSPS) is 18.3. The van der Waals surface area contributed by atoms with Crippen molar-refractivity contribution >= 4 is 11.8 Å². The van der Waals surface area contributed by atoms with Crippen LogP contribution < -0.4 is 10.6 Å². The number of likely N-dealkylation sites (N-methyl/N-ethyl adjacent to an activating group) is 1. The molecule has 1 saturated carbocycles. The van der Waals surface area contributed by atoms with E-state index in [-0.39, 0.29) is 24.3 Å². The fraction of sp³-hybridized carbons (Fsp3) is 0.833. The van der Waals surface area contributed by atoms with Gasteiger partial charge in [-0.3, -0.25) is 9.59 Å². The number of nitrogens with one attached hydrogen (secondary N) is 2. The summed E-state index contributed by atoms with van der Waals surface area (Å²) in [6, 6.07) is 0. The van der Waals surface area contributed by atoms with E-state index in [4.69, 9.17) is 0 Å². The Hall–Kier alpha value is -1.06. The molecule has 92 valence electrons. The zero-order valence-electron chi connectivity index (χ0n) is 10.1. The Balaban J connectivity index is 2.30. The molecule has 2 N–H and O–H groups in total. The van der Waals surface area contributed by atoms with Gasteiger partial charge in [0.05, 0.1) is 6.54 Å². The fourth-order valence-electron chi connectivity index (χ4n) is 2.12. The minimum atomic E-state index is -0.140. The van der Waals surface area contributed by atoms with Crippen molar-refractivity contribution in [1.82, 2.24) is 10.6 Å². The van der Waals surface area contributed by atoms with Crippen LogP contribution >= 0.6 is 0 Å². The first-order chi connectivity index (χ1) is 7.74. The Kier molecular flexibility index (Phi) is 5.90. The zero-order chi connectivity index (χ0) is 11.8. The first-order valence-electron chi connectivity index (χ1n) is 6.22. The molecule has 0 aromatic carbocycles. The molecule has 4 heteroatoms. The third-order valence-corrected chi connectivity index (χ3v) is 3.18. The van der Waals surface area contributed by atoms with Crippen molar-refractivity contribution in [1.29, 1.82) is 0 Å². The average molecular weight is 226 g/mol. The summed E-state index contributed by atoms with van der Waals surface area (Å²) in [6.07, 6.45) is 7.99. The van der Waals surface area contributed by atoms with Crippen LogP contribution in [0.2, 0.25) is 0 Å². The van der Waals surface area contributed by atoms with Crippen molar-refractivity contribution in [3.05, 3.63) is 0 Å². The van der Waals surface area contributed by atoms with Crippen molar-refractivity contribution < 1.29 is 9.59 Å². The number of carbonyl (C=O) groups excluding carboxylic acids is 2. The highest BCUT2D eigenvalue weighted by molar-refractivity contribution is 5.85. The van der Waals surface area contributed by atoms with Gasteiger partial charge in [-0.05, 0) is 12.8 Å². The lowest BCUT2D eigenvalue weighted by molar-refractivity contribution is -0.128. The topological polar surface area (TPSA) is 58.2 Å². The molecule has 16 heavy (non-hydrogen) atoms. The van der Waals surface area contributed by atoms with Gasteiger partial charge in [-0.1, -0.05) is 32.1 Å². The van der Waals surface area contributed by atoms with Crippen molar-refractivity contribution in [3.63, 3.8) is 0 Å². The van der Waals surface area contributed by atoms with Crippen LogP contribution in [0.15, 0.2) is 0 Å². The van der Waals surface area contributed by atoms with Crippen LogP contribution in [-0.4, -0.2) is 25.4 Å². The van der Waals surface area contributed by atoms with Gasteiger partial charge in [0.2, 0.25) is 11.8 Å².